The molecule has 2 amide bonds. The van der Waals surface area contributed by atoms with Crippen LogP contribution in [0.15, 0.2) is 59.5 Å². The minimum Gasteiger partial charge on any atom is -0.350 e. The van der Waals surface area contributed by atoms with Crippen LogP contribution in [0.4, 0.5) is 4.39 Å². The minimum absolute atomic E-state index is 0.126. The summed E-state index contributed by atoms with van der Waals surface area (Å²) in [5.74, 6) is -0.409. The first-order chi connectivity index (χ1) is 13.7. The first kappa shape index (κ1) is 22.9. The fourth-order valence-corrected chi connectivity index (χ4v) is 3.71. The first-order valence-electron chi connectivity index (χ1n) is 9.73. The molecule has 2 rings (SSSR count). The third-order valence-electron chi connectivity index (χ3n) is 4.26. The molecule has 6 heteroatoms. The highest BCUT2D eigenvalue weighted by Crippen LogP contribution is 2.20. The van der Waals surface area contributed by atoms with Crippen molar-refractivity contribution in [3.05, 3.63) is 66.0 Å². The van der Waals surface area contributed by atoms with Gasteiger partial charge in [-0.25, -0.2) is 4.39 Å². The van der Waals surface area contributed by atoms with Crippen molar-refractivity contribution in [3.63, 3.8) is 0 Å². The molecule has 156 valence electrons. The van der Waals surface area contributed by atoms with E-state index in [1.807, 2.05) is 58.0 Å². The predicted molar refractivity (Wildman–Crippen MR) is 116 cm³/mol. The van der Waals surface area contributed by atoms with Crippen molar-refractivity contribution in [2.24, 2.45) is 0 Å². The Morgan fingerprint density at radius 3 is 2.24 bits per heavy atom. The molecule has 0 fully saturated rings. The van der Waals surface area contributed by atoms with Crippen molar-refractivity contribution < 1.29 is 14.0 Å². The maximum Gasteiger partial charge on any atom is 0.243 e. The molecule has 0 aliphatic heterocycles. The summed E-state index contributed by atoms with van der Waals surface area (Å²) >= 11 is 1.44. The average molecular weight is 417 g/mol. The standard InChI is InChI=1S/C23H29FN2O2S/c1-5-20(22(28)25-23(2,3)4)26(15-17-11-13-18(24)14-12-17)21(27)16-29-19-9-7-6-8-10-19/h6-14,20H,5,15-16H2,1-4H3,(H,25,28)/t20-/m0/s1. The smallest absolute Gasteiger partial charge is 0.243 e. The molecule has 2 aromatic carbocycles. The van der Waals surface area contributed by atoms with Crippen LogP contribution in [0.5, 0.6) is 0 Å². The van der Waals surface area contributed by atoms with E-state index in [-0.39, 0.29) is 29.9 Å². The van der Waals surface area contributed by atoms with Crippen LogP contribution in [0.3, 0.4) is 0 Å². The van der Waals surface area contributed by atoms with E-state index in [9.17, 15) is 14.0 Å². The van der Waals surface area contributed by atoms with Crippen molar-refractivity contribution in [2.75, 3.05) is 5.75 Å². The molecular weight excluding hydrogens is 387 g/mol. The highest BCUT2D eigenvalue weighted by atomic mass is 32.2. The van der Waals surface area contributed by atoms with Gasteiger partial charge in [-0.15, -0.1) is 11.8 Å². The molecule has 4 nitrogen and oxygen atoms in total. The van der Waals surface area contributed by atoms with Gasteiger partial charge in [0.2, 0.25) is 11.8 Å². The fraction of sp³-hybridized carbons (Fsp3) is 0.391. The number of carbonyl (C=O) groups excluding carboxylic acids is 2. The molecule has 0 bridgehead atoms. The van der Waals surface area contributed by atoms with E-state index in [0.717, 1.165) is 10.5 Å². The molecular formula is C23H29FN2O2S. The second kappa shape index (κ2) is 10.4. The average Bonchev–Trinajstić information content (AvgIpc) is 2.67. The molecule has 0 spiro atoms. The van der Waals surface area contributed by atoms with Crippen LogP contribution in [0.25, 0.3) is 0 Å². The number of halogens is 1. The van der Waals surface area contributed by atoms with Gasteiger partial charge in [-0.3, -0.25) is 9.59 Å². The van der Waals surface area contributed by atoms with Crippen molar-refractivity contribution in [3.8, 4) is 0 Å². The predicted octanol–water partition coefficient (Wildman–Crippen LogP) is 4.64. The number of thioether (sulfide) groups is 1. The van der Waals surface area contributed by atoms with Crippen LogP contribution >= 0.6 is 11.8 Å². The lowest BCUT2D eigenvalue weighted by Gasteiger charge is -2.33. The third kappa shape index (κ3) is 7.54. The fourth-order valence-electron chi connectivity index (χ4n) is 2.90. The van der Waals surface area contributed by atoms with E-state index < -0.39 is 11.6 Å². The highest BCUT2D eigenvalue weighted by molar-refractivity contribution is 8.00. The second-order valence-corrected chi connectivity index (χ2v) is 8.96. The van der Waals surface area contributed by atoms with E-state index in [1.54, 1.807) is 17.0 Å². The number of hydrogen-bond donors (Lipinski definition) is 1. The monoisotopic (exact) mass is 416 g/mol. The normalized spacial score (nSPS) is 12.3. The van der Waals surface area contributed by atoms with Gasteiger partial charge in [0.25, 0.3) is 0 Å². The summed E-state index contributed by atoms with van der Waals surface area (Å²) in [5, 5.41) is 2.97. The van der Waals surface area contributed by atoms with Crippen molar-refractivity contribution in [2.45, 2.75) is 57.1 Å². The maximum atomic E-state index is 13.3. The van der Waals surface area contributed by atoms with E-state index in [1.165, 1.54) is 23.9 Å². The van der Waals surface area contributed by atoms with E-state index >= 15 is 0 Å². The molecule has 0 saturated heterocycles. The Labute approximate surface area is 176 Å². The molecule has 29 heavy (non-hydrogen) atoms. The number of benzene rings is 2. The number of hydrogen-bond acceptors (Lipinski definition) is 3. The Kier molecular flexibility index (Phi) is 8.26. The summed E-state index contributed by atoms with van der Waals surface area (Å²) in [6.45, 7) is 7.88. The van der Waals surface area contributed by atoms with Gasteiger partial charge in [0, 0.05) is 17.0 Å². The number of nitrogens with one attached hydrogen (secondary N) is 1. The lowest BCUT2D eigenvalue weighted by atomic mass is 10.1. The van der Waals surface area contributed by atoms with Crippen LogP contribution in [-0.4, -0.2) is 34.0 Å². The molecule has 0 aromatic heterocycles. The van der Waals surface area contributed by atoms with Crippen LogP contribution in [0, 0.1) is 5.82 Å². The second-order valence-electron chi connectivity index (χ2n) is 7.91. The zero-order chi connectivity index (χ0) is 21.4. The Bertz CT molecular complexity index is 804. The van der Waals surface area contributed by atoms with Crippen LogP contribution < -0.4 is 5.32 Å². The van der Waals surface area contributed by atoms with Crippen LogP contribution in [0.2, 0.25) is 0 Å². The van der Waals surface area contributed by atoms with Gasteiger partial charge in [-0.1, -0.05) is 37.3 Å². The lowest BCUT2D eigenvalue weighted by molar-refractivity contribution is -0.140. The maximum absolute atomic E-state index is 13.3. The van der Waals surface area contributed by atoms with Crippen molar-refractivity contribution in [1.29, 1.82) is 0 Å². The van der Waals surface area contributed by atoms with Crippen LogP contribution in [0.1, 0.15) is 39.7 Å². The summed E-state index contributed by atoms with van der Waals surface area (Å²) in [7, 11) is 0. The molecule has 0 radical (unpaired) electrons. The number of rotatable bonds is 8. The zero-order valence-corrected chi connectivity index (χ0v) is 18.3. The van der Waals surface area contributed by atoms with Gasteiger partial charge in [-0.2, -0.15) is 0 Å². The Morgan fingerprint density at radius 2 is 1.69 bits per heavy atom. The summed E-state index contributed by atoms with van der Waals surface area (Å²) in [5.41, 5.74) is 0.389. The van der Waals surface area contributed by atoms with Gasteiger partial charge in [0.05, 0.1) is 5.75 Å². The molecule has 0 saturated carbocycles. The molecule has 0 heterocycles. The highest BCUT2D eigenvalue weighted by Gasteiger charge is 2.30. The summed E-state index contributed by atoms with van der Waals surface area (Å²) in [6, 6.07) is 15.1. The van der Waals surface area contributed by atoms with E-state index in [2.05, 4.69) is 5.32 Å². The topological polar surface area (TPSA) is 49.4 Å². The molecule has 1 N–H and O–H groups in total. The molecule has 0 aliphatic rings. The Balaban J connectivity index is 2.21. The van der Waals surface area contributed by atoms with Gasteiger partial charge < -0.3 is 10.2 Å². The van der Waals surface area contributed by atoms with E-state index in [4.69, 9.17) is 0 Å². The third-order valence-corrected chi connectivity index (χ3v) is 5.25. The van der Waals surface area contributed by atoms with Gasteiger partial charge in [0.1, 0.15) is 11.9 Å². The number of carbonyl (C=O) groups is 2. The number of nitrogens with zero attached hydrogens (tertiary/aromatic N) is 1. The summed E-state index contributed by atoms with van der Waals surface area (Å²) in [4.78, 5) is 28.6. The summed E-state index contributed by atoms with van der Waals surface area (Å²) < 4.78 is 13.3. The minimum atomic E-state index is -0.594. The molecule has 1 atom stereocenters. The Hall–Kier alpha value is -2.34. The quantitative estimate of drug-likeness (QED) is 0.638. The van der Waals surface area contributed by atoms with Gasteiger partial charge in [0.15, 0.2) is 0 Å². The molecule has 0 unspecified atom stereocenters. The van der Waals surface area contributed by atoms with Crippen molar-refractivity contribution in [1.82, 2.24) is 10.2 Å². The van der Waals surface area contributed by atoms with Crippen molar-refractivity contribution >= 4 is 23.6 Å². The van der Waals surface area contributed by atoms with Gasteiger partial charge in [-0.05, 0) is 57.0 Å². The molecule has 0 aliphatic carbocycles. The number of amides is 2. The summed E-state index contributed by atoms with van der Waals surface area (Å²) in [6.07, 6.45) is 0.491. The van der Waals surface area contributed by atoms with Gasteiger partial charge >= 0.3 is 0 Å². The Morgan fingerprint density at radius 1 is 1.07 bits per heavy atom. The van der Waals surface area contributed by atoms with Crippen LogP contribution in [-0.2, 0) is 16.1 Å². The lowest BCUT2D eigenvalue weighted by Crippen LogP contribution is -2.53. The first-order valence-corrected chi connectivity index (χ1v) is 10.7. The zero-order valence-electron chi connectivity index (χ0n) is 17.4. The molecule has 2 aromatic rings. The largest absolute Gasteiger partial charge is 0.350 e. The SMILES string of the molecule is CC[C@@H](C(=O)NC(C)(C)C)N(Cc1ccc(F)cc1)C(=O)CSc1ccccc1. The van der Waals surface area contributed by atoms with E-state index in [0.29, 0.717) is 6.42 Å².